The molecule has 1 aliphatic rings. The first-order chi connectivity index (χ1) is 9.98. The third-order valence-corrected chi connectivity index (χ3v) is 6.07. The second-order valence-electron chi connectivity index (χ2n) is 5.54. The molecule has 1 aromatic rings. The van der Waals surface area contributed by atoms with E-state index < -0.39 is 10.0 Å². The second-order valence-corrected chi connectivity index (χ2v) is 7.48. The minimum Gasteiger partial charge on any atom is -0.316 e. The Hall–Kier alpha value is -0.980. The Morgan fingerprint density at radius 2 is 2.00 bits per heavy atom. The highest BCUT2D eigenvalue weighted by atomic mass is 32.2. The first kappa shape index (κ1) is 16.4. The van der Waals surface area contributed by atoms with Crippen LogP contribution in [0, 0.1) is 11.7 Å². The third kappa shape index (κ3) is 3.62. The molecule has 118 valence electrons. The van der Waals surface area contributed by atoms with Crippen molar-refractivity contribution in [3.63, 3.8) is 0 Å². The molecule has 0 aromatic heterocycles. The van der Waals surface area contributed by atoms with Crippen LogP contribution in [0.5, 0.6) is 0 Å². The number of hydrogen-bond acceptors (Lipinski definition) is 3. The molecule has 1 saturated heterocycles. The minimum absolute atomic E-state index is 0.184. The first-order valence-corrected chi connectivity index (χ1v) is 8.86. The van der Waals surface area contributed by atoms with E-state index in [0.717, 1.165) is 19.3 Å². The number of piperidine rings is 1. The summed E-state index contributed by atoms with van der Waals surface area (Å²) in [7, 11) is -1.81. The van der Waals surface area contributed by atoms with Crippen molar-refractivity contribution in [2.45, 2.75) is 37.6 Å². The van der Waals surface area contributed by atoms with Gasteiger partial charge >= 0.3 is 0 Å². The van der Waals surface area contributed by atoms with Crippen molar-refractivity contribution in [1.82, 2.24) is 9.62 Å². The van der Waals surface area contributed by atoms with Gasteiger partial charge in [-0.2, -0.15) is 4.31 Å². The fourth-order valence-electron chi connectivity index (χ4n) is 2.74. The van der Waals surface area contributed by atoms with E-state index in [9.17, 15) is 12.8 Å². The number of nitrogens with zero attached hydrogens (tertiary/aromatic N) is 1. The lowest BCUT2D eigenvalue weighted by atomic mass is 9.96. The Morgan fingerprint density at radius 1 is 1.33 bits per heavy atom. The summed E-state index contributed by atoms with van der Waals surface area (Å²) in [6.45, 7) is 3.56. The van der Waals surface area contributed by atoms with E-state index in [1.54, 1.807) is 7.05 Å². The van der Waals surface area contributed by atoms with Crippen LogP contribution in [0.3, 0.4) is 0 Å². The lowest BCUT2D eigenvalue weighted by Crippen LogP contribution is -2.38. The van der Waals surface area contributed by atoms with Crippen molar-refractivity contribution in [3.8, 4) is 0 Å². The van der Waals surface area contributed by atoms with E-state index in [0.29, 0.717) is 31.1 Å². The van der Waals surface area contributed by atoms with Crippen LogP contribution in [0.25, 0.3) is 0 Å². The Bertz CT molecular complexity index is 581. The van der Waals surface area contributed by atoms with Crippen LogP contribution >= 0.6 is 0 Å². The summed E-state index contributed by atoms with van der Waals surface area (Å²) in [4.78, 5) is 0.184. The van der Waals surface area contributed by atoms with E-state index >= 15 is 0 Å². The van der Waals surface area contributed by atoms with Gasteiger partial charge in [0.1, 0.15) is 5.82 Å². The first-order valence-electron chi connectivity index (χ1n) is 7.42. The maximum absolute atomic E-state index is 13.6. The van der Waals surface area contributed by atoms with Crippen molar-refractivity contribution in [1.29, 1.82) is 0 Å². The Morgan fingerprint density at radius 3 is 2.57 bits per heavy atom. The molecule has 0 unspecified atom stereocenters. The maximum atomic E-state index is 13.6. The SMILES string of the molecule is CCC1CCN(S(=O)(=O)c2ccc(F)c(CNC)c2)CC1. The molecule has 0 bridgehead atoms. The van der Waals surface area contributed by atoms with Crippen molar-refractivity contribution < 1.29 is 12.8 Å². The van der Waals surface area contributed by atoms with Gasteiger partial charge in [0.2, 0.25) is 10.0 Å². The molecule has 4 nitrogen and oxygen atoms in total. The van der Waals surface area contributed by atoms with E-state index in [4.69, 9.17) is 0 Å². The van der Waals surface area contributed by atoms with Crippen LogP contribution < -0.4 is 5.32 Å². The molecule has 1 aromatic carbocycles. The van der Waals surface area contributed by atoms with Gasteiger partial charge in [-0.05, 0) is 44.0 Å². The van der Waals surface area contributed by atoms with Crippen LogP contribution in [0.4, 0.5) is 4.39 Å². The normalized spacial score (nSPS) is 18.0. The van der Waals surface area contributed by atoms with E-state index in [1.807, 2.05) is 0 Å². The van der Waals surface area contributed by atoms with Crippen LogP contribution in [0.15, 0.2) is 23.1 Å². The summed E-state index contributed by atoms with van der Waals surface area (Å²) in [6.07, 6.45) is 2.90. The average Bonchev–Trinajstić information content (AvgIpc) is 2.49. The van der Waals surface area contributed by atoms with Crippen LogP contribution in [-0.4, -0.2) is 32.9 Å². The molecule has 0 radical (unpaired) electrons. The number of rotatable bonds is 5. The second kappa shape index (κ2) is 6.85. The zero-order chi connectivity index (χ0) is 15.5. The van der Waals surface area contributed by atoms with E-state index in [-0.39, 0.29) is 10.7 Å². The fourth-order valence-corrected chi connectivity index (χ4v) is 4.27. The molecule has 0 spiro atoms. The van der Waals surface area contributed by atoms with Gasteiger partial charge in [-0.25, -0.2) is 12.8 Å². The van der Waals surface area contributed by atoms with Gasteiger partial charge < -0.3 is 5.32 Å². The molecule has 6 heteroatoms. The summed E-state index contributed by atoms with van der Waals surface area (Å²) >= 11 is 0. The molecule has 1 heterocycles. The third-order valence-electron chi connectivity index (χ3n) is 4.17. The summed E-state index contributed by atoms with van der Waals surface area (Å²) in [5.74, 6) is 0.234. The summed E-state index contributed by atoms with van der Waals surface area (Å²) < 4.78 is 40.4. The Kier molecular flexibility index (Phi) is 5.35. The number of hydrogen-bond donors (Lipinski definition) is 1. The molecule has 0 atom stereocenters. The zero-order valence-electron chi connectivity index (χ0n) is 12.6. The van der Waals surface area contributed by atoms with Gasteiger partial charge in [-0.1, -0.05) is 13.3 Å². The molecule has 1 N–H and O–H groups in total. The highest BCUT2D eigenvalue weighted by Gasteiger charge is 2.29. The maximum Gasteiger partial charge on any atom is 0.243 e. The van der Waals surface area contributed by atoms with Crippen molar-refractivity contribution in [3.05, 3.63) is 29.6 Å². The molecule has 21 heavy (non-hydrogen) atoms. The summed E-state index contributed by atoms with van der Waals surface area (Å²) in [5, 5.41) is 2.85. The largest absolute Gasteiger partial charge is 0.316 e. The molecule has 1 aliphatic heterocycles. The highest BCUT2D eigenvalue weighted by Crippen LogP contribution is 2.26. The Balaban J connectivity index is 2.22. The molecular weight excluding hydrogens is 291 g/mol. The Labute approximate surface area is 126 Å². The van der Waals surface area contributed by atoms with E-state index in [1.165, 1.54) is 22.5 Å². The predicted molar refractivity (Wildman–Crippen MR) is 80.9 cm³/mol. The van der Waals surface area contributed by atoms with Gasteiger partial charge in [-0.15, -0.1) is 0 Å². The zero-order valence-corrected chi connectivity index (χ0v) is 13.4. The fraction of sp³-hybridized carbons (Fsp3) is 0.600. The predicted octanol–water partition coefficient (Wildman–Crippen LogP) is 2.36. The molecule has 0 aliphatic carbocycles. The quantitative estimate of drug-likeness (QED) is 0.907. The molecule has 2 rings (SSSR count). The van der Waals surface area contributed by atoms with Gasteiger partial charge in [-0.3, -0.25) is 0 Å². The van der Waals surface area contributed by atoms with Crippen LogP contribution in [-0.2, 0) is 16.6 Å². The lowest BCUT2D eigenvalue weighted by molar-refractivity contribution is 0.269. The topological polar surface area (TPSA) is 49.4 Å². The van der Waals surface area contributed by atoms with Crippen molar-refractivity contribution in [2.75, 3.05) is 20.1 Å². The molecule has 1 fully saturated rings. The lowest BCUT2D eigenvalue weighted by Gasteiger charge is -2.30. The number of sulfonamides is 1. The van der Waals surface area contributed by atoms with E-state index in [2.05, 4.69) is 12.2 Å². The van der Waals surface area contributed by atoms with Gasteiger partial charge in [0.05, 0.1) is 4.90 Å². The van der Waals surface area contributed by atoms with Gasteiger partial charge in [0.15, 0.2) is 0 Å². The monoisotopic (exact) mass is 314 g/mol. The minimum atomic E-state index is -3.51. The standard InChI is InChI=1S/C15H23FN2O2S/c1-3-12-6-8-18(9-7-12)21(19,20)14-4-5-15(16)13(10-14)11-17-2/h4-5,10,12,17H,3,6-9,11H2,1-2H3. The number of benzene rings is 1. The van der Waals surface area contributed by atoms with Crippen molar-refractivity contribution >= 4 is 10.0 Å². The highest BCUT2D eigenvalue weighted by molar-refractivity contribution is 7.89. The molecule has 0 amide bonds. The van der Waals surface area contributed by atoms with Gasteiger partial charge in [0, 0.05) is 25.2 Å². The smallest absolute Gasteiger partial charge is 0.243 e. The molecule has 0 saturated carbocycles. The molecular formula is C15H23FN2O2S. The van der Waals surface area contributed by atoms with Gasteiger partial charge in [0.25, 0.3) is 0 Å². The number of nitrogens with one attached hydrogen (secondary N) is 1. The van der Waals surface area contributed by atoms with Crippen molar-refractivity contribution in [2.24, 2.45) is 5.92 Å². The number of halogens is 1. The summed E-state index contributed by atoms with van der Waals surface area (Å²) in [5.41, 5.74) is 0.377. The average molecular weight is 314 g/mol. The summed E-state index contributed by atoms with van der Waals surface area (Å²) in [6, 6.07) is 4.03. The van der Waals surface area contributed by atoms with Crippen LogP contribution in [0.1, 0.15) is 31.7 Å². The van der Waals surface area contributed by atoms with Crippen LogP contribution in [0.2, 0.25) is 0 Å².